The first-order valence-corrected chi connectivity index (χ1v) is 12.5. The van der Waals surface area contributed by atoms with Crippen molar-refractivity contribution in [2.24, 2.45) is 0 Å². The number of aliphatic hydroxyl groups is 1. The number of hydrogen-bond donors (Lipinski definition) is 2. The number of fused-ring (bicyclic) bond motifs is 1. The Bertz CT molecular complexity index is 1340. The number of piperidine rings is 1. The highest BCUT2D eigenvalue weighted by Crippen LogP contribution is 2.47. The van der Waals surface area contributed by atoms with Gasteiger partial charge in [-0.05, 0) is 54.2 Å². The summed E-state index contributed by atoms with van der Waals surface area (Å²) in [5.41, 5.74) is 2.17. The third-order valence-electron chi connectivity index (χ3n) is 8.51. The third kappa shape index (κ3) is 3.16. The quantitative estimate of drug-likeness (QED) is 0.614. The summed E-state index contributed by atoms with van der Waals surface area (Å²) >= 11 is 0. The van der Waals surface area contributed by atoms with E-state index in [0.29, 0.717) is 5.56 Å². The van der Waals surface area contributed by atoms with E-state index >= 15 is 0 Å². The van der Waals surface area contributed by atoms with E-state index in [2.05, 4.69) is 53.5 Å². The molecule has 180 valence electrons. The SMILES string of the molecule is CNC(=O)CC1(O)C(=O)N(C2CCN(C3(C)Cc4cccc5cccc3c45)CC2)c2ccccc21. The van der Waals surface area contributed by atoms with Crippen LogP contribution in [-0.2, 0) is 27.1 Å². The van der Waals surface area contributed by atoms with Crippen molar-refractivity contribution in [3.05, 3.63) is 77.4 Å². The molecule has 3 aliphatic rings. The minimum absolute atomic E-state index is 0.0122. The van der Waals surface area contributed by atoms with Crippen molar-refractivity contribution in [1.82, 2.24) is 10.2 Å². The van der Waals surface area contributed by atoms with Gasteiger partial charge in [-0.15, -0.1) is 0 Å². The summed E-state index contributed by atoms with van der Waals surface area (Å²) in [5.74, 6) is -0.736. The Balaban J connectivity index is 1.26. The van der Waals surface area contributed by atoms with Crippen LogP contribution in [0.25, 0.3) is 10.8 Å². The second-order valence-corrected chi connectivity index (χ2v) is 10.4. The summed E-state index contributed by atoms with van der Waals surface area (Å²) in [4.78, 5) is 30.1. The van der Waals surface area contributed by atoms with Crippen molar-refractivity contribution < 1.29 is 14.7 Å². The molecule has 6 heteroatoms. The Morgan fingerprint density at radius 2 is 1.71 bits per heavy atom. The molecule has 0 spiro atoms. The van der Waals surface area contributed by atoms with Crippen molar-refractivity contribution in [2.75, 3.05) is 25.0 Å². The first-order chi connectivity index (χ1) is 16.9. The highest BCUT2D eigenvalue weighted by molar-refractivity contribution is 6.09. The van der Waals surface area contributed by atoms with Gasteiger partial charge in [-0.1, -0.05) is 54.6 Å². The van der Waals surface area contributed by atoms with Gasteiger partial charge in [-0.3, -0.25) is 14.5 Å². The number of likely N-dealkylation sites (tertiary alicyclic amines) is 1. The largest absolute Gasteiger partial charge is 0.375 e. The zero-order valence-corrected chi connectivity index (χ0v) is 20.3. The normalized spacial score (nSPS) is 26.4. The van der Waals surface area contributed by atoms with Crippen molar-refractivity contribution in [3.63, 3.8) is 0 Å². The number of carbonyl (C=O) groups is 2. The molecule has 0 aromatic heterocycles. The van der Waals surface area contributed by atoms with Gasteiger partial charge in [0.2, 0.25) is 5.91 Å². The van der Waals surface area contributed by atoms with E-state index in [-0.39, 0.29) is 29.8 Å². The van der Waals surface area contributed by atoms with Crippen molar-refractivity contribution >= 4 is 28.3 Å². The van der Waals surface area contributed by atoms with Crippen LogP contribution in [0.2, 0.25) is 0 Å². The van der Waals surface area contributed by atoms with Gasteiger partial charge >= 0.3 is 0 Å². The molecular formula is C29H31N3O3. The lowest BCUT2D eigenvalue weighted by atomic mass is 9.87. The molecule has 3 aromatic rings. The van der Waals surface area contributed by atoms with Crippen LogP contribution in [0, 0.1) is 0 Å². The molecule has 2 atom stereocenters. The zero-order valence-electron chi connectivity index (χ0n) is 20.3. The molecule has 35 heavy (non-hydrogen) atoms. The van der Waals surface area contributed by atoms with Crippen molar-refractivity contribution in [3.8, 4) is 0 Å². The number of nitrogens with zero attached hydrogens (tertiary/aromatic N) is 2. The Kier molecular flexibility index (Phi) is 5.02. The molecule has 2 N–H and O–H groups in total. The van der Waals surface area contributed by atoms with Crippen LogP contribution in [0.3, 0.4) is 0 Å². The summed E-state index contributed by atoms with van der Waals surface area (Å²) in [5, 5.41) is 16.6. The maximum atomic E-state index is 13.6. The number of hydrogen-bond acceptors (Lipinski definition) is 4. The molecule has 2 heterocycles. The molecule has 3 aromatic carbocycles. The summed E-state index contributed by atoms with van der Waals surface area (Å²) < 4.78 is 0. The predicted molar refractivity (Wildman–Crippen MR) is 136 cm³/mol. The fourth-order valence-corrected chi connectivity index (χ4v) is 6.69. The number of rotatable bonds is 4. The number of carbonyl (C=O) groups excluding carboxylic acids is 2. The molecule has 1 saturated heterocycles. The van der Waals surface area contributed by atoms with Crippen LogP contribution in [0.4, 0.5) is 5.69 Å². The van der Waals surface area contributed by atoms with E-state index in [1.54, 1.807) is 11.0 Å². The zero-order chi connectivity index (χ0) is 24.4. The van der Waals surface area contributed by atoms with E-state index in [0.717, 1.165) is 38.0 Å². The highest BCUT2D eigenvalue weighted by Gasteiger charge is 2.53. The van der Waals surface area contributed by atoms with E-state index in [1.807, 2.05) is 18.2 Å². The van der Waals surface area contributed by atoms with E-state index in [9.17, 15) is 14.7 Å². The first kappa shape index (κ1) is 22.3. The van der Waals surface area contributed by atoms with Gasteiger partial charge in [0.25, 0.3) is 5.91 Å². The number of benzene rings is 3. The van der Waals surface area contributed by atoms with Crippen LogP contribution >= 0.6 is 0 Å². The fourth-order valence-electron chi connectivity index (χ4n) is 6.69. The predicted octanol–water partition coefficient (Wildman–Crippen LogP) is 3.45. The molecule has 6 nitrogen and oxygen atoms in total. The monoisotopic (exact) mass is 469 g/mol. The smallest absolute Gasteiger partial charge is 0.264 e. The molecule has 0 bridgehead atoms. The number of anilines is 1. The van der Waals surface area contributed by atoms with Gasteiger partial charge in [-0.2, -0.15) is 0 Å². The lowest BCUT2D eigenvalue weighted by molar-refractivity contribution is -0.143. The number of amides is 2. The van der Waals surface area contributed by atoms with Gasteiger partial charge in [0.15, 0.2) is 5.60 Å². The van der Waals surface area contributed by atoms with Crippen LogP contribution in [0.1, 0.15) is 42.9 Å². The Labute approximate surface area is 205 Å². The maximum Gasteiger partial charge on any atom is 0.264 e. The van der Waals surface area contributed by atoms with Gasteiger partial charge in [0, 0.05) is 37.3 Å². The minimum atomic E-state index is -1.82. The second-order valence-electron chi connectivity index (χ2n) is 10.4. The molecule has 2 amide bonds. The lowest BCUT2D eigenvalue weighted by Crippen LogP contribution is -2.54. The molecule has 2 aliphatic heterocycles. The Morgan fingerprint density at radius 1 is 1.03 bits per heavy atom. The van der Waals surface area contributed by atoms with Gasteiger partial charge in [-0.25, -0.2) is 0 Å². The van der Waals surface area contributed by atoms with Crippen LogP contribution < -0.4 is 10.2 Å². The van der Waals surface area contributed by atoms with Gasteiger partial charge < -0.3 is 15.3 Å². The third-order valence-corrected chi connectivity index (χ3v) is 8.51. The molecule has 0 radical (unpaired) electrons. The second kappa shape index (κ2) is 7.90. The van der Waals surface area contributed by atoms with Crippen molar-refractivity contribution in [2.45, 2.75) is 49.8 Å². The van der Waals surface area contributed by atoms with Gasteiger partial charge in [0.05, 0.1) is 12.1 Å². The topological polar surface area (TPSA) is 72.9 Å². The maximum absolute atomic E-state index is 13.6. The van der Waals surface area contributed by atoms with E-state index < -0.39 is 5.60 Å². The average Bonchev–Trinajstić information content (AvgIpc) is 3.30. The molecule has 2 unspecified atom stereocenters. The standard InChI is InChI=1S/C29H31N3O3/c1-28(17-20-9-5-7-19-8-6-11-23(28)26(19)20)31-15-13-21(14-16-31)32-24-12-4-3-10-22(24)29(35,27(32)34)18-25(33)30-2/h3-12,21,35H,13-18H2,1-2H3,(H,30,33). The Hall–Kier alpha value is -3.22. The van der Waals surface area contributed by atoms with Crippen LogP contribution in [-0.4, -0.2) is 48.0 Å². The number of nitrogens with one attached hydrogen (secondary N) is 1. The van der Waals surface area contributed by atoms with E-state index in [4.69, 9.17) is 0 Å². The van der Waals surface area contributed by atoms with Crippen molar-refractivity contribution in [1.29, 1.82) is 0 Å². The minimum Gasteiger partial charge on any atom is -0.375 e. The molecule has 0 saturated carbocycles. The average molecular weight is 470 g/mol. The summed E-state index contributed by atoms with van der Waals surface area (Å²) in [6.07, 6.45) is 2.36. The molecule has 1 fully saturated rings. The molecular weight excluding hydrogens is 438 g/mol. The molecule has 1 aliphatic carbocycles. The van der Waals surface area contributed by atoms with Gasteiger partial charge in [0.1, 0.15) is 0 Å². The summed E-state index contributed by atoms with van der Waals surface area (Å²) in [6.45, 7) is 4.08. The van der Waals surface area contributed by atoms with Crippen LogP contribution in [0.5, 0.6) is 0 Å². The molecule has 6 rings (SSSR count). The lowest BCUT2D eigenvalue weighted by Gasteiger charge is -2.45. The number of para-hydroxylation sites is 1. The first-order valence-electron chi connectivity index (χ1n) is 12.5. The van der Waals surface area contributed by atoms with Crippen LogP contribution in [0.15, 0.2) is 60.7 Å². The Morgan fingerprint density at radius 3 is 2.46 bits per heavy atom. The summed E-state index contributed by atoms with van der Waals surface area (Å²) in [7, 11) is 1.52. The fraction of sp³-hybridized carbons (Fsp3) is 0.379. The summed E-state index contributed by atoms with van der Waals surface area (Å²) in [6, 6.07) is 20.5. The van der Waals surface area contributed by atoms with E-state index in [1.165, 1.54) is 28.9 Å². The highest BCUT2D eigenvalue weighted by atomic mass is 16.3.